The van der Waals surface area contributed by atoms with Gasteiger partial charge in [-0.25, -0.2) is 0 Å². The van der Waals surface area contributed by atoms with E-state index in [1.165, 1.54) is 12.0 Å². The van der Waals surface area contributed by atoms with Crippen molar-refractivity contribution in [1.29, 1.82) is 0 Å². The molecule has 1 heterocycles. The van der Waals surface area contributed by atoms with Gasteiger partial charge in [-0.1, -0.05) is 49.4 Å². The number of benzene rings is 2. The van der Waals surface area contributed by atoms with Crippen LogP contribution >= 0.6 is 0 Å². The lowest BCUT2D eigenvalue weighted by Gasteiger charge is -2.26. The number of aliphatic hydroxyl groups excluding tert-OH is 1. The number of ether oxygens (including phenoxy) is 2. The second kappa shape index (κ2) is 9.79. The Hall–Kier alpha value is -3.12. The number of amides is 1. The van der Waals surface area contributed by atoms with Gasteiger partial charge in [0.05, 0.1) is 31.4 Å². The van der Waals surface area contributed by atoms with Gasteiger partial charge in [-0.05, 0) is 31.9 Å². The molecule has 0 aliphatic carbocycles. The predicted octanol–water partition coefficient (Wildman–Crippen LogP) is 4.10. The van der Waals surface area contributed by atoms with Crippen LogP contribution in [0.2, 0.25) is 0 Å². The number of Topliss-reactive ketones (excluding diaryl/α,β-unsaturated/α-hetero) is 1. The highest BCUT2D eigenvalue weighted by Crippen LogP contribution is 2.42. The molecule has 164 valence electrons. The first-order valence-corrected chi connectivity index (χ1v) is 10.5. The average molecular weight is 424 g/mol. The minimum Gasteiger partial charge on any atom is -0.507 e. The van der Waals surface area contributed by atoms with Crippen LogP contribution in [0.25, 0.3) is 5.76 Å². The van der Waals surface area contributed by atoms with Gasteiger partial charge < -0.3 is 19.5 Å². The van der Waals surface area contributed by atoms with E-state index in [0.717, 1.165) is 12.0 Å². The van der Waals surface area contributed by atoms with Crippen molar-refractivity contribution >= 4 is 17.4 Å². The molecule has 1 aliphatic heterocycles. The molecule has 1 atom stereocenters. The molecular formula is C25H29NO5. The van der Waals surface area contributed by atoms with Crippen LogP contribution in [0.3, 0.4) is 0 Å². The van der Waals surface area contributed by atoms with Crippen LogP contribution in [0.1, 0.15) is 43.5 Å². The summed E-state index contributed by atoms with van der Waals surface area (Å²) in [7, 11) is 1.54. The van der Waals surface area contributed by atoms with E-state index in [1.54, 1.807) is 24.3 Å². The van der Waals surface area contributed by atoms with Crippen molar-refractivity contribution in [2.45, 2.75) is 39.3 Å². The van der Waals surface area contributed by atoms with E-state index < -0.39 is 17.7 Å². The number of nitrogens with zero attached hydrogens (tertiary/aromatic N) is 1. The van der Waals surface area contributed by atoms with Crippen LogP contribution in [0.15, 0.2) is 54.1 Å². The quantitative estimate of drug-likeness (QED) is 0.393. The summed E-state index contributed by atoms with van der Waals surface area (Å²) in [5.41, 5.74) is 2.31. The summed E-state index contributed by atoms with van der Waals surface area (Å²) in [4.78, 5) is 27.4. The topological polar surface area (TPSA) is 76.1 Å². The van der Waals surface area contributed by atoms with Crippen LogP contribution in [0, 0.1) is 0 Å². The summed E-state index contributed by atoms with van der Waals surface area (Å²) in [6.45, 7) is 6.36. The van der Waals surface area contributed by atoms with Gasteiger partial charge in [0.15, 0.2) is 0 Å². The molecule has 1 saturated heterocycles. The number of carbonyl (C=O) groups excluding carboxylic acids is 2. The fourth-order valence-corrected chi connectivity index (χ4v) is 3.77. The second-order valence-electron chi connectivity index (χ2n) is 7.70. The Bertz CT molecular complexity index is 978. The van der Waals surface area contributed by atoms with Gasteiger partial charge in [0.1, 0.15) is 11.5 Å². The van der Waals surface area contributed by atoms with Crippen LogP contribution in [0.5, 0.6) is 5.75 Å². The van der Waals surface area contributed by atoms with E-state index in [0.29, 0.717) is 16.9 Å². The molecule has 1 fully saturated rings. The van der Waals surface area contributed by atoms with Crippen LogP contribution in [-0.4, -0.2) is 48.1 Å². The molecule has 3 rings (SSSR count). The summed E-state index contributed by atoms with van der Waals surface area (Å²) in [5.74, 6) is -1.02. The molecule has 1 amide bonds. The third-order valence-corrected chi connectivity index (χ3v) is 5.39. The van der Waals surface area contributed by atoms with Crippen molar-refractivity contribution in [3.05, 3.63) is 70.8 Å². The summed E-state index contributed by atoms with van der Waals surface area (Å²) in [5, 5.41) is 11.1. The third-order valence-electron chi connectivity index (χ3n) is 5.39. The number of likely N-dealkylation sites (tertiary alicyclic amines) is 1. The first-order valence-electron chi connectivity index (χ1n) is 10.5. The number of hydrogen-bond acceptors (Lipinski definition) is 5. The summed E-state index contributed by atoms with van der Waals surface area (Å²) >= 11 is 0. The molecule has 6 nitrogen and oxygen atoms in total. The molecule has 0 aromatic heterocycles. The van der Waals surface area contributed by atoms with Gasteiger partial charge in [0.2, 0.25) is 0 Å². The number of aliphatic hydroxyl groups is 1. The van der Waals surface area contributed by atoms with Crippen molar-refractivity contribution in [2.75, 3.05) is 20.3 Å². The standard InChI is InChI=1S/C25H29NO5/c1-5-17-10-12-18(13-11-17)23(27)21-22(19-8-6-7-9-20(19)30-4)26(25(29)24(21)28)14-15-31-16(2)3/h6-13,16,22,27H,5,14-15H2,1-4H3/b23-21-. The molecule has 2 aromatic rings. The highest BCUT2D eigenvalue weighted by molar-refractivity contribution is 6.46. The van der Waals surface area contributed by atoms with Crippen LogP contribution < -0.4 is 4.74 Å². The van der Waals surface area contributed by atoms with Gasteiger partial charge >= 0.3 is 0 Å². The maximum absolute atomic E-state index is 13.0. The second-order valence-corrected chi connectivity index (χ2v) is 7.70. The monoisotopic (exact) mass is 423 g/mol. The Kier molecular flexibility index (Phi) is 7.13. The van der Waals surface area contributed by atoms with Gasteiger partial charge in [0, 0.05) is 17.7 Å². The van der Waals surface area contributed by atoms with Crippen LogP contribution in [-0.2, 0) is 20.7 Å². The highest BCUT2D eigenvalue weighted by Gasteiger charge is 2.46. The van der Waals surface area contributed by atoms with Gasteiger partial charge in [-0.2, -0.15) is 0 Å². The van der Waals surface area contributed by atoms with E-state index in [9.17, 15) is 14.7 Å². The Labute approximate surface area is 183 Å². The molecule has 0 bridgehead atoms. The van der Waals surface area contributed by atoms with E-state index in [4.69, 9.17) is 9.47 Å². The SMILES string of the molecule is CCc1ccc(/C(O)=C2/C(=O)C(=O)N(CCOC(C)C)C2c2ccccc2OC)cc1. The van der Waals surface area contributed by atoms with E-state index in [-0.39, 0.29) is 30.6 Å². The minimum atomic E-state index is -0.766. The fraction of sp³-hybridized carbons (Fsp3) is 0.360. The summed E-state index contributed by atoms with van der Waals surface area (Å²) in [6, 6.07) is 13.8. The van der Waals surface area contributed by atoms with Crippen molar-refractivity contribution in [1.82, 2.24) is 4.90 Å². The molecule has 1 N–H and O–H groups in total. The first kappa shape index (κ1) is 22.6. The molecule has 2 aromatic carbocycles. The fourth-order valence-electron chi connectivity index (χ4n) is 3.77. The normalized spacial score (nSPS) is 18.1. The molecule has 6 heteroatoms. The maximum atomic E-state index is 13.0. The van der Waals surface area contributed by atoms with Gasteiger partial charge in [-0.15, -0.1) is 0 Å². The van der Waals surface area contributed by atoms with E-state index in [1.807, 2.05) is 45.0 Å². The van der Waals surface area contributed by atoms with Gasteiger partial charge in [-0.3, -0.25) is 9.59 Å². The zero-order chi connectivity index (χ0) is 22.5. The lowest BCUT2D eigenvalue weighted by molar-refractivity contribution is -0.140. The molecule has 0 saturated carbocycles. The number of aryl methyl sites for hydroxylation is 1. The number of para-hydroxylation sites is 1. The lowest BCUT2D eigenvalue weighted by Crippen LogP contribution is -2.33. The van der Waals surface area contributed by atoms with Gasteiger partial charge in [0.25, 0.3) is 11.7 Å². The maximum Gasteiger partial charge on any atom is 0.295 e. The molecule has 1 unspecified atom stereocenters. The van der Waals surface area contributed by atoms with Crippen molar-refractivity contribution in [3.63, 3.8) is 0 Å². The zero-order valence-electron chi connectivity index (χ0n) is 18.4. The molecular weight excluding hydrogens is 394 g/mol. The Morgan fingerprint density at radius 1 is 1.10 bits per heavy atom. The number of methoxy groups -OCH3 is 1. The largest absolute Gasteiger partial charge is 0.507 e. The summed E-state index contributed by atoms with van der Waals surface area (Å²) < 4.78 is 11.1. The Balaban J connectivity index is 2.12. The van der Waals surface area contributed by atoms with E-state index >= 15 is 0 Å². The van der Waals surface area contributed by atoms with Crippen molar-refractivity contribution in [2.24, 2.45) is 0 Å². The predicted molar refractivity (Wildman–Crippen MR) is 119 cm³/mol. The smallest absolute Gasteiger partial charge is 0.295 e. The first-order chi connectivity index (χ1) is 14.9. The minimum absolute atomic E-state index is 0.00128. The number of hydrogen-bond donors (Lipinski definition) is 1. The summed E-state index contributed by atoms with van der Waals surface area (Å²) in [6.07, 6.45) is 0.862. The number of rotatable bonds is 8. The number of carbonyl (C=O) groups is 2. The lowest BCUT2D eigenvalue weighted by atomic mass is 9.94. The zero-order valence-corrected chi connectivity index (χ0v) is 18.4. The molecule has 0 spiro atoms. The van der Waals surface area contributed by atoms with Crippen LogP contribution in [0.4, 0.5) is 0 Å². The Morgan fingerprint density at radius 2 is 1.77 bits per heavy atom. The molecule has 1 aliphatic rings. The number of ketones is 1. The molecule has 0 radical (unpaired) electrons. The third kappa shape index (κ3) is 4.64. The van der Waals surface area contributed by atoms with Crippen molar-refractivity contribution in [3.8, 4) is 5.75 Å². The van der Waals surface area contributed by atoms with Crippen molar-refractivity contribution < 1.29 is 24.2 Å². The molecule has 31 heavy (non-hydrogen) atoms. The van der Waals surface area contributed by atoms with E-state index in [2.05, 4.69) is 0 Å². The highest BCUT2D eigenvalue weighted by atomic mass is 16.5. The Morgan fingerprint density at radius 3 is 2.39 bits per heavy atom. The average Bonchev–Trinajstić information content (AvgIpc) is 3.03.